The first-order valence-electron chi connectivity index (χ1n) is 7.30. The number of carbonyl (C=O) groups is 1. The van der Waals surface area contributed by atoms with Crippen molar-refractivity contribution >= 4 is 11.7 Å². The lowest BCUT2D eigenvalue weighted by Gasteiger charge is -2.52. The van der Waals surface area contributed by atoms with Crippen molar-refractivity contribution in [3.63, 3.8) is 0 Å². The summed E-state index contributed by atoms with van der Waals surface area (Å²) in [4.78, 5) is 10.8. The summed E-state index contributed by atoms with van der Waals surface area (Å²) in [7, 11) is 1.77. The van der Waals surface area contributed by atoms with Gasteiger partial charge in [0.05, 0.1) is 6.10 Å². The van der Waals surface area contributed by atoms with Gasteiger partial charge in [-0.3, -0.25) is 0 Å². The van der Waals surface area contributed by atoms with Gasteiger partial charge in [0.2, 0.25) is 0 Å². The zero-order valence-electron chi connectivity index (χ0n) is 13.1. The Kier molecular flexibility index (Phi) is 4.54. The van der Waals surface area contributed by atoms with Crippen molar-refractivity contribution in [2.45, 2.75) is 45.4 Å². The molecule has 5 heteroatoms. The summed E-state index contributed by atoms with van der Waals surface area (Å²) in [6.07, 6.45) is 1.36. The van der Waals surface area contributed by atoms with Gasteiger partial charge >= 0.3 is 6.03 Å². The fourth-order valence-corrected chi connectivity index (χ4v) is 2.96. The quantitative estimate of drug-likeness (QED) is 0.780. The van der Waals surface area contributed by atoms with Crippen LogP contribution < -0.4 is 16.4 Å². The molecule has 2 rings (SSSR count). The van der Waals surface area contributed by atoms with E-state index < -0.39 is 6.03 Å². The van der Waals surface area contributed by atoms with E-state index in [0.29, 0.717) is 17.8 Å². The summed E-state index contributed by atoms with van der Waals surface area (Å²) in [5.74, 6) is 0. The zero-order valence-corrected chi connectivity index (χ0v) is 13.1. The number of benzene rings is 1. The molecule has 2 amide bonds. The van der Waals surface area contributed by atoms with Crippen LogP contribution in [0.3, 0.4) is 0 Å². The van der Waals surface area contributed by atoms with Crippen molar-refractivity contribution in [3.05, 3.63) is 29.8 Å². The molecule has 1 aromatic rings. The van der Waals surface area contributed by atoms with Crippen LogP contribution in [-0.4, -0.2) is 25.3 Å². The molecule has 21 heavy (non-hydrogen) atoms. The van der Waals surface area contributed by atoms with Crippen molar-refractivity contribution < 1.29 is 9.53 Å². The lowest BCUT2D eigenvalue weighted by Crippen LogP contribution is -2.60. The van der Waals surface area contributed by atoms with E-state index in [0.717, 1.165) is 6.42 Å². The smallest absolute Gasteiger partial charge is 0.316 e. The first-order valence-corrected chi connectivity index (χ1v) is 7.30. The van der Waals surface area contributed by atoms with E-state index in [1.165, 1.54) is 5.56 Å². The minimum atomic E-state index is -0.546. The van der Waals surface area contributed by atoms with Gasteiger partial charge in [0.25, 0.3) is 0 Å². The molecular weight excluding hydrogens is 266 g/mol. The highest BCUT2D eigenvalue weighted by molar-refractivity contribution is 5.87. The van der Waals surface area contributed by atoms with Crippen LogP contribution in [0.25, 0.3) is 0 Å². The Morgan fingerprint density at radius 1 is 1.38 bits per heavy atom. The normalized spacial score (nSPS) is 25.0. The second-order valence-corrected chi connectivity index (χ2v) is 6.33. The predicted octanol–water partition coefficient (Wildman–Crippen LogP) is 2.64. The Morgan fingerprint density at radius 2 is 2.00 bits per heavy atom. The molecule has 0 aliphatic heterocycles. The number of hydrogen-bond acceptors (Lipinski definition) is 3. The lowest BCUT2D eigenvalue weighted by molar-refractivity contribution is -0.0999. The van der Waals surface area contributed by atoms with Gasteiger partial charge in [-0.1, -0.05) is 26.0 Å². The average Bonchev–Trinajstić information content (AvgIpc) is 2.42. The monoisotopic (exact) mass is 291 g/mol. The van der Waals surface area contributed by atoms with Crippen molar-refractivity contribution in [3.8, 4) is 0 Å². The molecule has 1 aliphatic rings. The molecule has 4 N–H and O–H groups in total. The van der Waals surface area contributed by atoms with E-state index in [-0.39, 0.29) is 11.5 Å². The van der Waals surface area contributed by atoms with Crippen LogP contribution in [0.2, 0.25) is 0 Å². The molecule has 0 saturated heterocycles. The number of nitrogens with one attached hydrogen (secondary N) is 2. The van der Waals surface area contributed by atoms with Gasteiger partial charge in [-0.25, -0.2) is 4.79 Å². The number of amides is 2. The SMILES string of the molecule is COC1CC(NC(C)c2ccc(NC(N)=O)cc2)C1(C)C. The zero-order chi connectivity index (χ0) is 15.6. The maximum absolute atomic E-state index is 10.8. The summed E-state index contributed by atoms with van der Waals surface area (Å²) < 4.78 is 5.48. The molecule has 0 radical (unpaired) electrons. The number of nitrogens with two attached hydrogens (primary N) is 1. The van der Waals surface area contributed by atoms with Crippen LogP contribution in [0.5, 0.6) is 0 Å². The third kappa shape index (κ3) is 3.36. The van der Waals surface area contributed by atoms with Crippen LogP contribution >= 0.6 is 0 Å². The number of primary amides is 1. The fraction of sp³-hybridized carbons (Fsp3) is 0.562. The molecular formula is C16H25N3O2. The Morgan fingerprint density at radius 3 is 2.48 bits per heavy atom. The predicted molar refractivity (Wildman–Crippen MR) is 84.2 cm³/mol. The molecule has 1 saturated carbocycles. The Hall–Kier alpha value is -1.59. The van der Waals surface area contributed by atoms with Crippen molar-refractivity contribution in [2.75, 3.05) is 12.4 Å². The Labute approximate surface area is 126 Å². The van der Waals surface area contributed by atoms with E-state index in [4.69, 9.17) is 10.5 Å². The molecule has 1 aliphatic carbocycles. The van der Waals surface area contributed by atoms with Crippen LogP contribution in [0.15, 0.2) is 24.3 Å². The minimum absolute atomic E-state index is 0.149. The number of carbonyl (C=O) groups excluding carboxylic acids is 1. The maximum atomic E-state index is 10.8. The number of methoxy groups -OCH3 is 1. The summed E-state index contributed by atoms with van der Waals surface area (Å²) in [6.45, 7) is 6.61. The van der Waals surface area contributed by atoms with Gasteiger partial charge in [0, 0.05) is 30.3 Å². The van der Waals surface area contributed by atoms with E-state index in [1.807, 2.05) is 24.3 Å². The van der Waals surface area contributed by atoms with Crippen LogP contribution in [0.1, 0.15) is 38.8 Å². The number of urea groups is 1. The molecule has 116 valence electrons. The molecule has 5 nitrogen and oxygen atoms in total. The van der Waals surface area contributed by atoms with Crippen molar-refractivity contribution in [1.29, 1.82) is 0 Å². The van der Waals surface area contributed by atoms with E-state index in [9.17, 15) is 4.79 Å². The van der Waals surface area contributed by atoms with E-state index >= 15 is 0 Å². The first-order chi connectivity index (χ1) is 9.84. The van der Waals surface area contributed by atoms with E-state index in [1.54, 1.807) is 7.11 Å². The molecule has 1 aromatic carbocycles. The number of rotatable bonds is 5. The summed E-state index contributed by atoms with van der Waals surface area (Å²) >= 11 is 0. The largest absolute Gasteiger partial charge is 0.381 e. The number of anilines is 1. The fourth-order valence-electron chi connectivity index (χ4n) is 2.96. The highest BCUT2D eigenvalue weighted by Crippen LogP contribution is 2.43. The van der Waals surface area contributed by atoms with Gasteiger partial charge in [0.1, 0.15) is 0 Å². The van der Waals surface area contributed by atoms with Crippen molar-refractivity contribution in [2.24, 2.45) is 11.1 Å². The third-order valence-corrected chi connectivity index (χ3v) is 4.59. The van der Waals surface area contributed by atoms with E-state index in [2.05, 4.69) is 31.4 Å². The van der Waals surface area contributed by atoms with Gasteiger partial charge in [-0.2, -0.15) is 0 Å². The topological polar surface area (TPSA) is 76.4 Å². The van der Waals surface area contributed by atoms with Crippen LogP contribution in [0, 0.1) is 5.41 Å². The maximum Gasteiger partial charge on any atom is 0.316 e. The summed E-state index contributed by atoms with van der Waals surface area (Å²) in [5, 5.41) is 6.22. The first kappa shape index (κ1) is 15.8. The number of ether oxygens (including phenoxy) is 1. The molecule has 0 spiro atoms. The molecule has 3 atom stereocenters. The van der Waals surface area contributed by atoms with Gasteiger partial charge in [-0.15, -0.1) is 0 Å². The Balaban J connectivity index is 1.95. The molecule has 3 unspecified atom stereocenters. The van der Waals surface area contributed by atoms with Gasteiger partial charge in [0.15, 0.2) is 0 Å². The molecule has 0 heterocycles. The third-order valence-electron chi connectivity index (χ3n) is 4.59. The Bertz CT molecular complexity index is 499. The summed E-state index contributed by atoms with van der Waals surface area (Å²) in [6, 6.07) is 7.88. The highest BCUT2D eigenvalue weighted by atomic mass is 16.5. The highest BCUT2D eigenvalue weighted by Gasteiger charge is 2.48. The minimum Gasteiger partial charge on any atom is -0.381 e. The summed E-state index contributed by atoms with van der Waals surface area (Å²) in [5.41, 5.74) is 7.14. The standard InChI is InChI=1S/C16H25N3O2/c1-10(18-13-9-14(21-4)16(13,2)3)11-5-7-12(8-6-11)19-15(17)20/h5-8,10,13-14,18H,9H2,1-4H3,(H3,17,19,20). The van der Waals surface area contributed by atoms with Crippen LogP contribution in [0.4, 0.5) is 10.5 Å². The van der Waals surface area contributed by atoms with Crippen LogP contribution in [-0.2, 0) is 4.74 Å². The molecule has 0 aromatic heterocycles. The number of hydrogen-bond donors (Lipinski definition) is 3. The second-order valence-electron chi connectivity index (χ2n) is 6.33. The molecule has 1 fully saturated rings. The van der Waals surface area contributed by atoms with Gasteiger partial charge < -0.3 is 21.1 Å². The lowest BCUT2D eigenvalue weighted by atomic mass is 9.64. The average molecular weight is 291 g/mol. The second kappa shape index (κ2) is 6.03. The van der Waals surface area contributed by atoms with Crippen molar-refractivity contribution in [1.82, 2.24) is 5.32 Å². The molecule has 0 bridgehead atoms. The van der Waals surface area contributed by atoms with Gasteiger partial charge in [-0.05, 0) is 31.0 Å².